The van der Waals surface area contributed by atoms with Gasteiger partial charge in [0.1, 0.15) is 0 Å². The van der Waals surface area contributed by atoms with E-state index < -0.39 is 0 Å². The number of aromatic nitrogens is 2. The number of thioether (sulfide) groups is 1. The van der Waals surface area contributed by atoms with Crippen LogP contribution in [0.1, 0.15) is 22.5 Å². The molecular weight excluding hydrogens is 344 g/mol. The van der Waals surface area contributed by atoms with Crippen LogP contribution in [0.4, 0.5) is 5.69 Å². The number of rotatable bonds is 4. The molecule has 5 nitrogen and oxygen atoms in total. The highest BCUT2D eigenvalue weighted by molar-refractivity contribution is 7.99. The maximum atomic E-state index is 12.5. The van der Waals surface area contributed by atoms with Gasteiger partial charge in [-0.1, -0.05) is 23.9 Å². The van der Waals surface area contributed by atoms with Crippen LogP contribution in [0.15, 0.2) is 29.4 Å². The molecule has 1 amide bonds. The summed E-state index contributed by atoms with van der Waals surface area (Å²) in [7, 11) is 0. The van der Waals surface area contributed by atoms with Crippen LogP contribution in [-0.2, 0) is 4.79 Å². The molecule has 0 N–H and O–H groups in total. The van der Waals surface area contributed by atoms with E-state index in [0.29, 0.717) is 10.9 Å². The van der Waals surface area contributed by atoms with Gasteiger partial charge in [0, 0.05) is 43.3 Å². The standard InChI is InChI=1S/C20H26N4OS/c1-14-6-5-7-18(17(14)4)23-8-10-24(11-9-23)19(25)13-26-20-21-15(2)12-16(3)22-20/h5-7,12H,8-11,13H2,1-4H3. The topological polar surface area (TPSA) is 49.3 Å². The molecule has 0 saturated carbocycles. The highest BCUT2D eigenvalue weighted by Gasteiger charge is 2.22. The highest BCUT2D eigenvalue weighted by Crippen LogP contribution is 2.24. The fourth-order valence-corrected chi connectivity index (χ4v) is 4.10. The third kappa shape index (κ3) is 4.36. The molecule has 3 rings (SSSR count). The molecule has 6 heteroatoms. The first-order valence-electron chi connectivity index (χ1n) is 8.98. The van der Waals surface area contributed by atoms with Crippen LogP contribution in [0.2, 0.25) is 0 Å². The third-order valence-corrected chi connectivity index (χ3v) is 5.67. The zero-order valence-electron chi connectivity index (χ0n) is 16.0. The average molecular weight is 371 g/mol. The Bertz CT molecular complexity index is 780. The maximum Gasteiger partial charge on any atom is 0.233 e. The molecule has 0 atom stereocenters. The minimum Gasteiger partial charge on any atom is -0.368 e. The molecule has 0 unspecified atom stereocenters. The molecule has 138 valence electrons. The Labute approximate surface area is 159 Å². The second-order valence-corrected chi connectivity index (χ2v) is 7.75. The number of anilines is 1. The molecule has 0 bridgehead atoms. The van der Waals surface area contributed by atoms with Crippen LogP contribution in [-0.4, -0.2) is 52.7 Å². The van der Waals surface area contributed by atoms with Crippen molar-refractivity contribution in [3.63, 3.8) is 0 Å². The Hall–Kier alpha value is -2.08. The maximum absolute atomic E-state index is 12.5. The van der Waals surface area contributed by atoms with Crippen LogP contribution in [0.3, 0.4) is 0 Å². The minimum absolute atomic E-state index is 0.165. The summed E-state index contributed by atoms with van der Waals surface area (Å²) in [4.78, 5) is 25.7. The quantitative estimate of drug-likeness (QED) is 0.611. The lowest BCUT2D eigenvalue weighted by molar-refractivity contribution is -0.128. The SMILES string of the molecule is Cc1cc(C)nc(SCC(=O)N2CCN(c3cccc(C)c3C)CC2)n1. The molecule has 2 heterocycles. The normalized spacial score (nSPS) is 14.6. The van der Waals surface area contributed by atoms with Crippen molar-refractivity contribution in [1.29, 1.82) is 0 Å². The molecule has 1 aliphatic rings. The third-order valence-electron chi connectivity index (χ3n) is 4.84. The number of amides is 1. The number of hydrogen-bond donors (Lipinski definition) is 0. The van der Waals surface area contributed by atoms with Gasteiger partial charge in [0.05, 0.1) is 5.75 Å². The number of piperazine rings is 1. The van der Waals surface area contributed by atoms with E-state index in [9.17, 15) is 4.79 Å². The van der Waals surface area contributed by atoms with Crippen molar-refractivity contribution in [2.45, 2.75) is 32.9 Å². The predicted octanol–water partition coefficient (Wildman–Crippen LogP) is 3.15. The molecule has 1 aromatic heterocycles. The number of carbonyl (C=O) groups is 1. The Morgan fingerprint density at radius 3 is 2.35 bits per heavy atom. The molecule has 2 aromatic rings. The first kappa shape index (κ1) is 18.7. The molecule has 26 heavy (non-hydrogen) atoms. The van der Waals surface area contributed by atoms with Crippen molar-refractivity contribution in [3.8, 4) is 0 Å². The van der Waals surface area contributed by atoms with E-state index >= 15 is 0 Å². The zero-order chi connectivity index (χ0) is 18.7. The van der Waals surface area contributed by atoms with E-state index in [0.717, 1.165) is 37.6 Å². The summed E-state index contributed by atoms with van der Waals surface area (Å²) in [6.45, 7) is 11.5. The van der Waals surface area contributed by atoms with Gasteiger partial charge in [0.25, 0.3) is 0 Å². The van der Waals surface area contributed by atoms with Gasteiger partial charge in [-0.25, -0.2) is 9.97 Å². The summed E-state index contributed by atoms with van der Waals surface area (Å²) >= 11 is 1.43. The van der Waals surface area contributed by atoms with E-state index in [1.165, 1.54) is 28.6 Å². The second-order valence-electron chi connectivity index (χ2n) is 6.81. The van der Waals surface area contributed by atoms with Gasteiger partial charge < -0.3 is 9.80 Å². The fourth-order valence-electron chi connectivity index (χ4n) is 3.25. The van der Waals surface area contributed by atoms with E-state index in [2.05, 4.69) is 46.9 Å². The summed E-state index contributed by atoms with van der Waals surface area (Å²) in [5, 5.41) is 0.685. The first-order chi connectivity index (χ1) is 12.4. The molecule has 0 aliphatic carbocycles. The lowest BCUT2D eigenvalue weighted by atomic mass is 10.1. The van der Waals surface area contributed by atoms with Gasteiger partial charge in [-0.15, -0.1) is 0 Å². The summed E-state index contributed by atoms with van der Waals surface area (Å²) in [5.74, 6) is 0.560. The lowest BCUT2D eigenvalue weighted by Gasteiger charge is -2.37. The monoisotopic (exact) mass is 370 g/mol. The molecule has 0 radical (unpaired) electrons. The summed E-state index contributed by atoms with van der Waals surface area (Å²) in [6, 6.07) is 8.37. The Morgan fingerprint density at radius 2 is 1.69 bits per heavy atom. The van der Waals surface area contributed by atoms with E-state index in [-0.39, 0.29) is 5.91 Å². The fraction of sp³-hybridized carbons (Fsp3) is 0.450. The smallest absolute Gasteiger partial charge is 0.233 e. The second kappa shape index (κ2) is 8.08. The number of hydrogen-bond acceptors (Lipinski definition) is 5. The predicted molar refractivity (Wildman–Crippen MR) is 107 cm³/mol. The lowest BCUT2D eigenvalue weighted by Crippen LogP contribution is -2.49. The van der Waals surface area contributed by atoms with Crippen molar-refractivity contribution >= 4 is 23.4 Å². The molecular formula is C20H26N4OS. The molecule has 1 aromatic carbocycles. The van der Waals surface area contributed by atoms with Gasteiger partial charge in [0.2, 0.25) is 5.91 Å². The highest BCUT2D eigenvalue weighted by atomic mass is 32.2. The minimum atomic E-state index is 0.165. The number of benzene rings is 1. The Morgan fingerprint density at radius 1 is 1.04 bits per heavy atom. The van der Waals surface area contributed by atoms with E-state index in [1.807, 2.05) is 24.8 Å². The van der Waals surface area contributed by atoms with E-state index in [4.69, 9.17) is 0 Å². The van der Waals surface area contributed by atoms with Gasteiger partial charge in [-0.3, -0.25) is 4.79 Å². The van der Waals surface area contributed by atoms with Crippen molar-refractivity contribution < 1.29 is 4.79 Å². The molecule has 1 aliphatic heterocycles. The summed E-state index contributed by atoms with van der Waals surface area (Å²) < 4.78 is 0. The Kier molecular flexibility index (Phi) is 5.81. The van der Waals surface area contributed by atoms with Gasteiger partial charge in [-0.05, 0) is 51.0 Å². The summed E-state index contributed by atoms with van der Waals surface area (Å²) in [6.07, 6.45) is 0. The average Bonchev–Trinajstić information content (AvgIpc) is 2.61. The van der Waals surface area contributed by atoms with Crippen LogP contribution in [0.5, 0.6) is 0 Å². The van der Waals surface area contributed by atoms with Gasteiger partial charge in [0.15, 0.2) is 5.16 Å². The number of carbonyl (C=O) groups excluding carboxylic acids is 1. The van der Waals surface area contributed by atoms with Crippen LogP contribution < -0.4 is 4.90 Å². The first-order valence-corrected chi connectivity index (χ1v) is 9.96. The number of aryl methyl sites for hydroxylation is 3. The van der Waals surface area contributed by atoms with Crippen molar-refractivity contribution in [2.24, 2.45) is 0 Å². The number of nitrogens with zero attached hydrogens (tertiary/aromatic N) is 4. The molecule has 0 spiro atoms. The summed E-state index contributed by atoms with van der Waals surface area (Å²) in [5.41, 5.74) is 5.81. The van der Waals surface area contributed by atoms with E-state index in [1.54, 1.807) is 0 Å². The van der Waals surface area contributed by atoms with Gasteiger partial charge in [-0.2, -0.15) is 0 Å². The van der Waals surface area contributed by atoms with Crippen molar-refractivity contribution in [1.82, 2.24) is 14.9 Å². The largest absolute Gasteiger partial charge is 0.368 e. The van der Waals surface area contributed by atoms with Crippen LogP contribution in [0, 0.1) is 27.7 Å². The van der Waals surface area contributed by atoms with Crippen molar-refractivity contribution in [3.05, 3.63) is 46.8 Å². The van der Waals surface area contributed by atoms with Crippen molar-refractivity contribution in [2.75, 3.05) is 36.8 Å². The zero-order valence-corrected chi connectivity index (χ0v) is 16.8. The molecule has 1 fully saturated rings. The van der Waals surface area contributed by atoms with Crippen LogP contribution >= 0.6 is 11.8 Å². The Balaban J connectivity index is 1.54. The molecule has 1 saturated heterocycles. The van der Waals surface area contributed by atoms with Crippen LogP contribution in [0.25, 0.3) is 0 Å². The van der Waals surface area contributed by atoms with Gasteiger partial charge >= 0.3 is 0 Å².